The first-order chi connectivity index (χ1) is 9.51. The summed E-state index contributed by atoms with van der Waals surface area (Å²) in [5.74, 6) is -1.24. The van der Waals surface area contributed by atoms with Crippen molar-refractivity contribution in [2.45, 2.75) is 24.1 Å². The second-order valence-corrected chi connectivity index (χ2v) is 6.00. The van der Waals surface area contributed by atoms with Crippen LogP contribution in [0.15, 0.2) is 23.4 Å². The zero-order valence-electron chi connectivity index (χ0n) is 10.5. The maximum absolute atomic E-state index is 11.9. The Morgan fingerprint density at radius 1 is 1.48 bits per heavy atom. The lowest BCUT2D eigenvalue weighted by Crippen LogP contribution is -2.39. The highest BCUT2D eigenvalue weighted by Gasteiger charge is 2.31. The van der Waals surface area contributed by atoms with Gasteiger partial charge < -0.3 is 4.74 Å². The number of ether oxygens (including phenoxy) is 1. The van der Waals surface area contributed by atoms with Gasteiger partial charge in [0.1, 0.15) is 17.6 Å². The molecule has 21 heavy (non-hydrogen) atoms. The average Bonchev–Trinajstić information content (AvgIpc) is 2.34. The molecule has 0 saturated carbocycles. The summed E-state index contributed by atoms with van der Waals surface area (Å²) in [5, 5.41) is 0.0201. The number of aromatic nitrogens is 1. The molecule has 1 amide bonds. The minimum atomic E-state index is -4.62. The number of halogens is 4. The Morgan fingerprint density at radius 3 is 2.62 bits per heavy atom. The number of carbonyl (C=O) groups excluding carboxylic acids is 1. The molecule has 118 valence electrons. The zero-order chi connectivity index (χ0) is 16.3. The predicted molar refractivity (Wildman–Crippen MR) is 66.0 cm³/mol. The van der Waals surface area contributed by atoms with Crippen LogP contribution in [-0.2, 0) is 19.6 Å². The molecule has 0 aliphatic carbocycles. The topological polar surface area (TPSA) is 85.4 Å². The molecule has 1 N–H and O–H groups in total. The number of pyridine rings is 1. The van der Waals surface area contributed by atoms with Crippen molar-refractivity contribution in [1.29, 1.82) is 0 Å². The molecule has 0 saturated heterocycles. The fraction of sp³-hybridized carbons (Fsp3) is 0.400. The molecule has 0 bridgehead atoms. The van der Waals surface area contributed by atoms with Gasteiger partial charge in [-0.15, -0.1) is 0 Å². The third-order valence-corrected chi connectivity index (χ3v) is 3.61. The minimum absolute atomic E-state index is 0.0201. The maximum atomic E-state index is 11.9. The fourth-order valence-corrected chi connectivity index (χ4v) is 2.38. The van der Waals surface area contributed by atoms with Crippen molar-refractivity contribution in [2.24, 2.45) is 0 Å². The molecule has 1 heterocycles. The third kappa shape index (κ3) is 5.86. The van der Waals surface area contributed by atoms with Crippen molar-refractivity contribution < 1.29 is 31.1 Å². The first-order valence-corrected chi connectivity index (χ1v) is 7.23. The van der Waals surface area contributed by atoms with E-state index in [9.17, 15) is 26.4 Å². The Bertz CT molecular complexity index is 621. The SMILES string of the molecule is CC(OCC(F)(F)F)C(=O)NS(=O)(=O)c1cncc(Cl)c1. The van der Waals surface area contributed by atoms with Gasteiger partial charge in [0.15, 0.2) is 0 Å². The lowest BCUT2D eigenvalue weighted by Gasteiger charge is -2.14. The first kappa shape index (κ1) is 17.7. The van der Waals surface area contributed by atoms with E-state index in [0.29, 0.717) is 0 Å². The van der Waals surface area contributed by atoms with Gasteiger partial charge in [0.25, 0.3) is 15.9 Å². The van der Waals surface area contributed by atoms with E-state index < -0.39 is 39.7 Å². The highest BCUT2D eigenvalue weighted by Crippen LogP contribution is 2.16. The van der Waals surface area contributed by atoms with E-state index in [2.05, 4.69) is 9.72 Å². The summed E-state index contributed by atoms with van der Waals surface area (Å²) in [6.07, 6.45) is -4.11. The van der Waals surface area contributed by atoms with Crippen LogP contribution >= 0.6 is 11.6 Å². The summed E-state index contributed by atoms with van der Waals surface area (Å²) in [5.41, 5.74) is 0. The number of nitrogens with zero attached hydrogens (tertiary/aromatic N) is 1. The van der Waals surface area contributed by atoms with Gasteiger partial charge in [-0.3, -0.25) is 9.78 Å². The molecule has 1 atom stereocenters. The van der Waals surface area contributed by atoms with Crippen LogP contribution in [0.2, 0.25) is 5.02 Å². The summed E-state index contributed by atoms with van der Waals surface area (Å²) in [6, 6.07) is 1.03. The highest BCUT2D eigenvalue weighted by molar-refractivity contribution is 7.90. The van der Waals surface area contributed by atoms with Crippen LogP contribution in [0.25, 0.3) is 0 Å². The monoisotopic (exact) mass is 346 g/mol. The van der Waals surface area contributed by atoms with E-state index in [1.54, 1.807) is 4.72 Å². The van der Waals surface area contributed by atoms with Gasteiger partial charge in [-0.25, -0.2) is 13.1 Å². The number of sulfonamides is 1. The van der Waals surface area contributed by atoms with Crippen molar-refractivity contribution in [3.8, 4) is 0 Å². The Labute approximate surface area is 123 Å². The van der Waals surface area contributed by atoms with Crippen molar-refractivity contribution in [3.05, 3.63) is 23.5 Å². The van der Waals surface area contributed by atoms with Crippen molar-refractivity contribution >= 4 is 27.5 Å². The molecule has 6 nitrogen and oxygen atoms in total. The van der Waals surface area contributed by atoms with Crippen LogP contribution in [0, 0.1) is 0 Å². The van der Waals surface area contributed by atoms with Crippen LogP contribution < -0.4 is 4.72 Å². The molecule has 0 aliphatic heterocycles. The number of carbonyl (C=O) groups is 1. The fourth-order valence-electron chi connectivity index (χ4n) is 1.11. The summed E-state index contributed by atoms with van der Waals surface area (Å²) in [4.78, 5) is 14.6. The highest BCUT2D eigenvalue weighted by atomic mass is 35.5. The Balaban J connectivity index is 2.73. The number of hydrogen-bond acceptors (Lipinski definition) is 5. The van der Waals surface area contributed by atoms with Crippen molar-refractivity contribution in [2.75, 3.05) is 6.61 Å². The lowest BCUT2D eigenvalue weighted by atomic mass is 10.4. The molecule has 0 fully saturated rings. The Morgan fingerprint density at radius 2 is 2.10 bits per heavy atom. The molecule has 1 unspecified atom stereocenters. The molecule has 0 aliphatic rings. The molecule has 1 aromatic rings. The van der Waals surface area contributed by atoms with Crippen LogP contribution in [0.5, 0.6) is 0 Å². The quantitative estimate of drug-likeness (QED) is 0.873. The van der Waals surface area contributed by atoms with Gasteiger partial charge in [0, 0.05) is 12.4 Å². The van der Waals surface area contributed by atoms with Crippen molar-refractivity contribution in [1.82, 2.24) is 9.71 Å². The molecule has 1 aromatic heterocycles. The van der Waals surface area contributed by atoms with Gasteiger partial charge in [0.2, 0.25) is 0 Å². The number of amides is 1. The zero-order valence-corrected chi connectivity index (χ0v) is 12.1. The van der Waals surface area contributed by atoms with Crippen molar-refractivity contribution in [3.63, 3.8) is 0 Å². The third-order valence-electron chi connectivity index (χ3n) is 2.09. The van der Waals surface area contributed by atoms with Crippen LogP contribution in [0.4, 0.5) is 13.2 Å². The molecule has 0 spiro atoms. The van der Waals surface area contributed by atoms with Gasteiger partial charge in [-0.1, -0.05) is 11.6 Å². The number of nitrogens with one attached hydrogen (secondary N) is 1. The standard InChI is InChI=1S/C10H10ClF3N2O4S/c1-6(20-5-10(12,13)14)9(17)16-21(18,19)8-2-7(11)3-15-4-8/h2-4,6H,5H2,1H3,(H,16,17). The Kier molecular flexibility index (Phi) is 5.54. The van der Waals surface area contributed by atoms with Crippen LogP contribution in [0.1, 0.15) is 6.92 Å². The number of alkyl halides is 3. The molecule has 1 rings (SSSR count). The summed E-state index contributed by atoms with van der Waals surface area (Å²) < 4.78 is 65.2. The van der Waals surface area contributed by atoms with E-state index >= 15 is 0 Å². The largest absolute Gasteiger partial charge is 0.411 e. The first-order valence-electron chi connectivity index (χ1n) is 5.37. The van der Waals surface area contributed by atoms with E-state index in [4.69, 9.17) is 11.6 Å². The smallest absolute Gasteiger partial charge is 0.359 e. The molecular formula is C10H10ClF3N2O4S. The Hall–Kier alpha value is -1.39. The summed E-state index contributed by atoms with van der Waals surface area (Å²) in [6.45, 7) is -0.673. The van der Waals surface area contributed by atoms with Crippen LogP contribution in [0.3, 0.4) is 0 Å². The number of rotatable bonds is 5. The summed E-state index contributed by atoms with van der Waals surface area (Å²) in [7, 11) is -4.29. The van der Waals surface area contributed by atoms with E-state index in [1.807, 2.05) is 0 Å². The van der Waals surface area contributed by atoms with Crippen LogP contribution in [-0.4, -0.2) is 38.2 Å². The molecule has 0 aromatic carbocycles. The lowest BCUT2D eigenvalue weighted by molar-refractivity contribution is -0.185. The normalized spacial score (nSPS) is 13.8. The van der Waals surface area contributed by atoms with Gasteiger partial charge in [-0.2, -0.15) is 13.2 Å². The molecule has 11 heteroatoms. The van der Waals surface area contributed by atoms with Gasteiger partial charge in [0.05, 0.1) is 5.02 Å². The van der Waals surface area contributed by atoms with E-state index in [0.717, 1.165) is 19.2 Å². The number of hydrogen-bond donors (Lipinski definition) is 1. The summed E-state index contributed by atoms with van der Waals surface area (Å²) >= 11 is 5.56. The average molecular weight is 347 g/mol. The van der Waals surface area contributed by atoms with E-state index in [-0.39, 0.29) is 5.02 Å². The predicted octanol–water partition coefficient (Wildman–Crippen LogP) is 1.51. The van der Waals surface area contributed by atoms with Gasteiger partial charge in [-0.05, 0) is 13.0 Å². The maximum Gasteiger partial charge on any atom is 0.411 e. The van der Waals surface area contributed by atoms with E-state index in [1.165, 1.54) is 6.20 Å². The second kappa shape index (κ2) is 6.58. The molecular weight excluding hydrogens is 337 g/mol. The molecule has 0 radical (unpaired) electrons. The minimum Gasteiger partial charge on any atom is -0.359 e. The second-order valence-electron chi connectivity index (χ2n) is 3.88. The van der Waals surface area contributed by atoms with Gasteiger partial charge >= 0.3 is 6.18 Å².